The largest absolute Gasteiger partial charge is 0.506 e. The summed E-state index contributed by atoms with van der Waals surface area (Å²) in [5, 5.41) is 13.0. The molecule has 0 saturated heterocycles. The molecular formula is C14H14Br2N2O2. The third kappa shape index (κ3) is 3.64. The fraction of sp³-hybridized carbons (Fsp3) is 0.214. The van der Waals surface area contributed by atoms with Gasteiger partial charge in [0.05, 0.1) is 21.2 Å². The van der Waals surface area contributed by atoms with Gasteiger partial charge in [-0.2, -0.15) is 0 Å². The van der Waals surface area contributed by atoms with Gasteiger partial charge in [-0.1, -0.05) is 0 Å². The molecule has 0 aliphatic heterocycles. The molecule has 0 spiro atoms. The van der Waals surface area contributed by atoms with Gasteiger partial charge >= 0.3 is 0 Å². The Bertz CT molecular complexity index is 582. The van der Waals surface area contributed by atoms with E-state index in [1.807, 2.05) is 31.2 Å². The summed E-state index contributed by atoms with van der Waals surface area (Å²) in [6.07, 6.45) is 1.70. The van der Waals surface area contributed by atoms with Crippen LogP contribution in [0.3, 0.4) is 0 Å². The number of hydrogen-bond donors (Lipinski definition) is 2. The molecule has 2 rings (SSSR count). The van der Waals surface area contributed by atoms with Crippen LogP contribution < -0.4 is 10.1 Å². The number of nitrogens with one attached hydrogen (secondary N) is 1. The number of hydrogen-bond acceptors (Lipinski definition) is 4. The molecule has 0 aliphatic rings. The molecule has 2 aromatic rings. The van der Waals surface area contributed by atoms with Crippen molar-refractivity contribution in [2.24, 2.45) is 0 Å². The van der Waals surface area contributed by atoms with E-state index in [0.717, 1.165) is 11.3 Å². The number of anilines is 1. The first-order valence-electron chi connectivity index (χ1n) is 6.10. The number of phenolic OH excluding ortho intramolecular Hbond substituents is 1. The maximum Gasteiger partial charge on any atom is 0.237 e. The van der Waals surface area contributed by atoms with E-state index in [2.05, 4.69) is 42.2 Å². The van der Waals surface area contributed by atoms with Gasteiger partial charge in [0, 0.05) is 12.7 Å². The van der Waals surface area contributed by atoms with Crippen LogP contribution in [0.15, 0.2) is 39.4 Å². The number of halogens is 2. The molecule has 0 bridgehead atoms. The minimum Gasteiger partial charge on any atom is -0.506 e. The number of benzene rings is 1. The Hall–Kier alpha value is -1.27. The first kappa shape index (κ1) is 15.1. The lowest BCUT2D eigenvalue weighted by Crippen LogP contribution is -2.04. The van der Waals surface area contributed by atoms with Crippen molar-refractivity contribution < 1.29 is 9.84 Å². The van der Waals surface area contributed by atoms with E-state index >= 15 is 0 Å². The second-order valence-corrected chi connectivity index (χ2v) is 5.76. The fourth-order valence-electron chi connectivity index (χ4n) is 1.69. The number of phenols is 1. The van der Waals surface area contributed by atoms with Crippen molar-refractivity contribution >= 4 is 37.5 Å². The Balaban J connectivity index is 2.13. The molecule has 0 unspecified atom stereocenters. The highest BCUT2D eigenvalue weighted by Gasteiger charge is 2.07. The van der Waals surface area contributed by atoms with Crippen LogP contribution >= 0.6 is 31.9 Å². The number of rotatable bonds is 5. The first-order chi connectivity index (χ1) is 9.61. The van der Waals surface area contributed by atoms with Crippen LogP contribution in [-0.4, -0.2) is 16.7 Å². The molecule has 1 aromatic carbocycles. The Morgan fingerprint density at radius 2 is 2.00 bits per heavy atom. The number of nitrogens with zero attached hydrogens (tertiary/aromatic N) is 1. The van der Waals surface area contributed by atoms with Crippen LogP contribution in [-0.2, 0) is 6.54 Å². The highest BCUT2D eigenvalue weighted by Crippen LogP contribution is 2.33. The number of aromatic hydroxyl groups is 1. The number of ether oxygens (including phenoxy) is 1. The molecule has 0 aliphatic carbocycles. The van der Waals surface area contributed by atoms with Gasteiger partial charge < -0.3 is 15.2 Å². The van der Waals surface area contributed by atoms with Crippen LogP contribution in [0, 0.1) is 0 Å². The summed E-state index contributed by atoms with van der Waals surface area (Å²) in [5.41, 5.74) is 1.86. The molecule has 0 fully saturated rings. The average molecular weight is 402 g/mol. The highest BCUT2D eigenvalue weighted by molar-refractivity contribution is 9.11. The number of aromatic nitrogens is 1. The molecule has 2 N–H and O–H groups in total. The molecule has 1 heterocycles. The molecule has 0 radical (unpaired) electrons. The topological polar surface area (TPSA) is 54.4 Å². The summed E-state index contributed by atoms with van der Waals surface area (Å²) in [7, 11) is 0. The number of pyridine rings is 1. The summed E-state index contributed by atoms with van der Waals surface area (Å²) in [5.74, 6) is 0.789. The smallest absolute Gasteiger partial charge is 0.237 e. The van der Waals surface area contributed by atoms with E-state index in [1.165, 1.54) is 0 Å². The molecular weight excluding hydrogens is 388 g/mol. The van der Waals surface area contributed by atoms with E-state index in [1.54, 1.807) is 6.20 Å². The van der Waals surface area contributed by atoms with Crippen molar-refractivity contribution in [3.63, 3.8) is 0 Å². The summed E-state index contributed by atoms with van der Waals surface area (Å²) in [6, 6.07) is 7.50. The molecule has 1 aromatic heterocycles. The fourth-order valence-corrected chi connectivity index (χ4v) is 2.98. The Kier molecular flexibility index (Phi) is 5.25. The Morgan fingerprint density at radius 3 is 2.65 bits per heavy atom. The van der Waals surface area contributed by atoms with Gasteiger partial charge in [0.25, 0.3) is 0 Å². The molecule has 0 atom stereocenters. The van der Waals surface area contributed by atoms with Gasteiger partial charge in [-0.15, -0.1) is 0 Å². The van der Waals surface area contributed by atoms with Gasteiger partial charge in [0.15, 0.2) is 0 Å². The maximum absolute atomic E-state index is 9.69. The molecule has 106 valence electrons. The minimum atomic E-state index is 0.199. The summed E-state index contributed by atoms with van der Waals surface area (Å²) in [4.78, 5) is 4.19. The molecule has 0 amide bonds. The molecule has 0 saturated carbocycles. The second-order valence-electron chi connectivity index (χ2n) is 4.05. The van der Waals surface area contributed by atoms with Crippen molar-refractivity contribution in [1.29, 1.82) is 0 Å². The predicted molar refractivity (Wildman–Crippen MR) is 86.2 cm³/mol. The summed E-state index contributed by atoms with van der Waals surface area (Å²) < 4.78 is 6.77. The average Bonchev–Trinajstić information content (AvgIpc) is 2.44. The van der Waals surface area contributed by atoms with Gasteiger partial charge in [0.2, 0.25) is 5.88 Å². The summed E-state index contributed by atoms with van der Waals surface area (Å²) >= 11 is 6.64. The highest BCUT2D eigenvalue weighted by atomic mass is 79.9. The quantitative estimate of drug-likeness (QED) is 0.783. The lowest BCUT2D eigenvalue weighted by atomic mass is 10.2. The lowest BCUT2D eigenvalue weighted by Gasteiger charge is -2.12. The summed E-state index contributed by atoms with van der Waals surface area (Å²) in [6.45, 7) is 3.10. The van der Waals surface area contributed by atoms with Gasteiger partial charge in [0.1, 0.15) is 5.75 Å². The SMILES string of the molecule is CCOc1ncccc1NCc1cc(Br)c(O)c(Br)c1. The minimum absolute atomic E-state index is 0.199. The predicted octanol–water partition coefficient (Wildman–Crippen LogP) is 4.32. The standard InChI is InChI=1S/C14H14Br2N2O2/c1-2-20-14-12(4-3-5-17-14)18-8-9-6-10(15)13(19)11(16)7-9/h3-7,18-19H,2,8H2,1H3. The zero-order valence-electron chi connectivity index (χ0n) is 10.9. The van der Waals surface area contributed by atoms with Crippen molar-refractivity contribution in [2.45, 2.75) is 13.5 Å². The van der Waals surface area contributed by atoms with Crippen LogP contribution in [0.2, 0.25) is 0 Å². The Labute approximate surface area is 134 Å². The maximum atomic E-state index is 9.69. The van der Waals surface area contributed by atoms with Gasteiger partial charge in [-0.3, -0.25) is 0 Å². The van der Waals surface area contributed by atoms with Crippen molar-refractivity contribution in [1.82, 2.24) is 4.98 Å². The van der Waals surface area contributed by atoms with Crippen LogP contribution in [0.4, 0.5) is 5.69 Å². The zero-order valence-corrected chi connectivity index (χ0v) is 14.0. The Morgan fingerprint density at radius 1 is 1.30 bits per heavy atom. The normalized spacial score (nSPS) is 10.3. The third-order valence-corrected chi connectivity index (χ3v) is 3.82. The second kappa shape index (κ2) is 6.95. The van der Waals surface area contributed by atoms with Crippen molar-refractivity contribution in [3.8, 4) is 11.6 Å². The van der Waals surface area contributed by atoms with Crippen molar-refractivity contribution in [2.75, 3.05) is 11.9 Å². The van der Waals surface area contributed by atoms with Crippen LogP contribution in [0.25, 0.3) is 0 Å². The van der Waals surface area contributed by atoms with Gasteiger partial charge in [-0.05, 0) is 68.6 Å². The van der Waals surface area contributed by atoms with E-state index in [0.29, 0.717) is 28.0 Å². The van der Waals surface area contributed by atoms with E-state index in [-0.39, 0.29) is 5.75 Å². The molecule has 6 heteroatoms. The van der Waals surface area contributed by atoms with Crippen LogP contribution in [0.5, 0.6) is 11.6 Å². The van der Waals surface area contributed by atoms with E-state index < -0.39 is 0 Å². The van der Waals surface area contributed by atoms with E-state index in [4.69, 9.17) is 4.74 Å². The van der Waals surface area contributed by atoms with Crippen molar-refractivity contribution in [3.05, 3.63) is 45.0 Å². The molecule has 4 nitrogen and oxygen atoms in total. The monoisotopic (exact) mass is 400 g/mol. The molecule has 20 heavy (non-hydrogen) atoms. The third-order valence-electron chi connectivity index (χ3n) is 2.61. The van der Waals surface area contributed by atoms with E-state index in [9.17, 15) is 5.11 Å². The zero-order chi connectivity index (χ0) is 14.5. The first-order valence-corrected chi connectivity index (χ1v) is 7.69. The lowest BCUT2D eigenvalue weighted by molar-refractivity contribution is 0.328. The van der Waals surface area contributed by atoms with Crippen LogP contribution in [0.1, 0.15) is 12.5 Å². The van der Waals surface area contributed by atoms with Gasteiger partial charge in [-0.25, -0.2) is 4.98 Å².